The van der Waals surface area contributed by atoms with Gasteiger partial charge in [-0.25, -0.2) is 0 Å². The van der Waals surface area contributed by atoms with Gasteiger partial charge >= 0.3 is 0 Å². The summed E-state index contributed by atoms with van der Waals surface area (Å²) in [6, 6.07) is 5.52. The van der Waals surface area contributed by atoms with Crippen molar-refractivity contribution < 1.29 is 5.11 Å². The number of aliphatic hydroxyl groups excluding tert-OH is 1. The molecule has 0 spiro atoms. The molecule has 0 aliphatic heterocycles. The molecule has 1 rings (SSSR count). The molecule has 0 radical (unpaired) electrons. The van der Waals surface area contributed by atoms with Crippen molar-refractivity contribution >= 4 is 11.6 Å². The van der Waals surface area contributed by atoms with Crippen LogP contribution in [0.3, 0.4) is 0 Å². The fourth-order valence-electron chi connectivity index (χ4n) is 1.06. The van der Waals surface area contributed by atoms with Gasteiger partial charge in [0.15, 0.2) is 0 Å². The molecule has 1 N–H and O–H groups in total. The van der Waals surface area contributed by atoms with E-state index >= 15 is 0 Å². The SMILES string of the molecule is Cc1ccc(Cl)cc1[C@@H](C)O. The van der Waals surface area contributed by atoms with Gasteiger partial charge in [-0.05, 0) is 37.1 Å². The van der Waals surface area contributed by atoms with Crippen molar-refractivity contribution in [2.24, 2.45) is 0 Å². The molecular weight excluding hydrogens is 160 g/mol. The Balaban J connectivity index is 3.13. The quantitative estimate of drug-likeness (QED) is 0.687. The first-order valence-corrected chi connectivity index (χ1v) is 3.93. The third-order valence-corrected chi connectivity index (χ3v) is 1.93. The maximum atomic E-state index is 9.27. The van der Waals surface area contributed by atoms with Gasteiger partial charge in [-0.15, -0.1) is 0 Å². The summed E-state index contributed by atoms with van der Waals surface area (Å²) in [5, 5.41) is 9.94. The highest BCUT2D eigenvalue weighted by Crippen LogP contribution is 2.20. The van der Waals surface area contributed by atoms with Crippen LogP contribution in [0.25, 0.3) is 0 Å². The number of aryl methyl sites for hydroxylation is 1. The zero-order chi connectivity index (χ0) is 8.43. The predicted octanol–water partition coefficient (Wildman–Crippen LogP) is 2.70. The fraction of sp³-hybridized carbons (Fsp3) is 0.333. The van der Waals surface area contributed by atoms with Gasteiger partial charge in [0.05, 0.1) is 6.10 Å². The highest BCUT2D eigenvalue weighted by atomic mass is 35.5. The topological polar surface area (TPSA) is 20.2 Å². The molecule has 1 atom stereocenters. The van der Waals surface area contributed by atoms with E-state index in [-0.39, 0.29) is 0 Å². The molecule has 0 aromatic heterocycles. The molecular formula is C9H11ClO. The Hall–Kier alpha value is -0.530. The molecule has 0 fully saturated rings. The summed E-state index contributed by atoms with van der Waals surface area (Å²) < 4.78 is 0. The summed E-state index contributed by atoms with van der Waals surface area (Å²) in [6.07, 6.45) is -0.436. The van der Waals surface area contributed by atoms with E-state index in [1.165, 1.54) is 0 Å². The largest absolute Gasteiger partial charge is 0.389 e. The second kappa shape index (κ2) is 3.24. The van der Waals surface area contributed by atoms with Crippen molar-refractivity contribution in [1.29, 1.82) is 0 Å². The molecule has 0 amide bonds. The Morgan fingerprint density at radius 1 is 1.45 bits per heavy atom. The summed E-state index contributed by atoms with van der Waals surface area (Å²) in [5.74, 6) is 0. The average Bonchev–Trinajstić information content (AvgIpc) is 1.94. The van der Waals surface area contributed by atoms with E-state index in [2.05, 4.69) is 0 Å². The van der Waals surface area contributed by atoms with Crippen LogP contribution >= 0.6 is 11.6 Å². The van der Waals surface area contributed by atoms with Gasteiger partial charge in [0, 0.05) is 5.02 Å². The lowest BCUT2D eigenvalue weighted by Gasteiger charge is -2.08. The van der Waals surface area contributed by atoms with E-state index < -0.39 is 6.10 Å². The monoisotopic (exact) mass is 170 g/mol. The first kappa shape index (κ1) is 8.57. The summed E-state index contributed by atoms with van der Waals surface area (Å²) in [4.78, 5) is 0. The third-order valence-electron chi connectivity index (χ3n) is 1.69. The van der Waals surface area contributed by atoms with Gasteiger partial charge < -0.3 is 5.11 Å². The smallest absolute Gasteiger partial charge is 0.0765 e. The van der Waals surface area contributed by atoms with Crippen LogP contribution in [0, 0.1) is 6.92 Å². The molecule has 0 bridgehead atoms. The molecule has 0 aliphatic carbocycles. The van der Waals surface area contributed by atoms with Crippen LogP contribution in [0.15, 0.2) is 18.2 Å². The van der Waals surface area contributed by atoms with Crippen molar-refractivity contribution in [2.45, 2.75) is 20.0 Å². The van der Waals surface area contributed by atoms with E-state index in [9.17, 15) is 5.11 Å². The van der Waals surface area contributed by atoms with E-state index in [0.29, 0.717) is 5.02 Å². The van der Waals surface area contributed by atoms with Crippen molar-refractivity contribution in [3.8, 4) is 0 Å². The molecule has 11 heavy (non-hydrogen) atoms. The molecule has 0 saturated carbocycles. The second-order valence-corrected chi connectivity index (χ2v) is 3.11. The Kier molecular flexibility index (Phi) is 2.53. The van der Waals surface area contributed by atoms with E-state index in [1.54, 1.807) is 13.0 Å². The Labute approximate surface area is 71.6 Å². The molecule has 2 heteroatoms. The van der Waals surface area contributed by atoms with Crippen molar-refractivity contribution in [1.82, 2.24) is 0 Å². The minimum atomic E-state index is -0.436. The lowest BCUT2D eigenvalue weighted by atomic mass is 10.1. The van der Waals surface area contributed by atoms with Gasteiger partial charge in [0.1, 0.15) is 0 Å². The number of benzene rings is 1. The van der Waals surface area contributed by atoms with Crippen LogP contribution in [0.2, 0.25) is 5.02 Å². The van der Waals surface area contributed by atoms with Gasteiger partial charge in [0.25, 0.3) is 0 Å². The van der Waals surface area contributed by atoms with Gasteiger partial charge in [-0.2, -0.15) is 0 Å². The number of hydrogen-bond acceptors (Lipinski definition) is 1. The molecule has 1 nitrogen and oxygen atoms in total. The van der Waals surface area contributed by atoms with E-state index in [0.717, 1.165) is 11.1 Å². The fourth-order valence-corrected chi connectivity index (χ4v) is 1.24. The lowest BCUT2D eigenvalue weighted by molar-refractivity contribution is 0.198. The minimum absolute atomic E-state index is 0.436. The molecule has 0 heterocycles. The first-order valence-electron chi connectivity index (χ1n) is 3.55. The lowest BCUT2D eigenvalue weighted by Crippen LogP contribution is -1.93. The van der Waals surface area contributed by atoms with Crippen molar-refractivity contribution in [3.05, 3.63) is 34.3 Å². The van der Waals surface area contributed by atoms with Crippen LogP contribution in [-0.4, -0.2) is 5.11 Å². The minimum Gasteiger partial charge on any atom is -0.389 e. The first-order chi connectivity index (χ1) is 5.11. The highest BCUT2D eigenvalue weighted by Gasteiger charge is 2.04. The zero-order valence-corrected chi connectivity index (χ0v) is 7.39. The van der Waals surface area contributed by atoms with Gasteiger partial charge in [-0.1, -0.05) is 17.7 Å². The van der Waals surface area contributed by atoms with Gasteiger partial charge in [0.2, 0.25) is 0 Å². The van der Waals surface area contributed by atoms with Crippen LogP contribution in [0.5, 0.6) is 0 Å². The van der Waals surface area contributed by atoms with E-state index in [4.69, 9.17) is 11.6 Å². The molecule has 60 valence electrons. The summed E-state index contributed by atoms with van der Waals surface area (Å²) in [7, 11) is 0. The normalized spacial score (nSPS) is 13.1. The number of rotatable bonds is 1. The maximum Gasteiger partial charge on any atom is 0.0765 e. The van der Waals surface area contributed by atoms with Crippen molar-refractivity contribution in [3.63, 3.8) is 0 Å². The summed E-state index contributed by atoms with van der Waals surface area (Å²) in [6.45, 7) is 3.69. The Bertz CT molecular complexity index is 256. The van der Waals surface area contributed by atoms with Gasteiger partial charge in [-0.3, -0.25) is 0 Å². The van der Waals surface area contributed by atoms with Crippen molar-refractivity contribution in [2.75, 3.05) is 0 Å². The average molecular weight is 171 g/mol. The molecule has 0 aliphatic rings. The number of aliphatic hydroxyl groups is 1. The van der Waals surface area contributed by atoms with Crippen LogP contribution < -0.4 is 0 Å². The van der Waals surface area contributed by atoms with Crippen LogP contribution in [-0.2, 0) is 0 Å². The summed E-state index contributed by atoms with van der Waals surface area (Å²) in [5.41, 5.74) is 1.97. The zero-order valence-electron chi connectivity index (χ0n) is 6.63. The summed E-state index contributed by atoms with van der Waals surface area (Å²) >= 11 is 5.75. The molecule has 1 aromatic rings. The van der Waals surface area contributed by atoms with E-state index in [1.807, 2.05) is 19.1 Å². The maximum absolute atomic E-state index is 9.27. The third kappa shape index (κ3) is 1.95. The number of hydrogen-bond donors (Lipinski definition) is 1. The molecule has 0 saturated heterocycles. The molecule has 1 aromatic carbocycles. The van der Waals surface area contributed by atoms with Crippen LogP contribution in [0.1, 0.15) is 24.2 Å². The second-order valence-electron chi connectivity index (χ2n) is 2.68. The predicted molar refractivity (Wildman–Crippen MR) is 46.8 cm³/mol. The van der Waals surface area contributed by atoms with Crippen LogP contribution in [0.4, 0.5) is 0 Å². The highest BCUT2D eigenvalue weighted by molar-refractivity contribution is 6.30. The number of halogens is 1. The Morgan fingerprint density at radius 2 is 2.09 bits per heavy atom. The standard InChI is InChI=1S/C9H11ClO/c1-6-3-4-8(10)5-9(6)7(2)11/h3-5,7,11H,1-2H3/t7-/m1/s1. The Morgan fingerprint density at radius 3 is 2.55 bits per heavy atom. The molecule has 0 unspecified atom stereocenters.